The molecule has 0 aromatic heterocycles. The molecule has 4 nitrogen and oxygen atoms in total. The van der Waals surface area contributed by atoms with E-state index in [9.17, 15) is 4.79 Å². The standard InChI is InChI=1S/C14H21NO3/c1-17-12-6-7-18-14(8-12)9-15(10-14)13(16)11-4-2-3-5-11/h4,12H,2-3,5-10H2,1H3/t12-/m0/s1. The van der Waals surface area contributed by atoms with E-state index in [2.05, 4.69) is 6.08 Å². The Hall–Kier alpha value is -0.870. The summed E-state index contributed by atoms with van der Waals surface area (Å²) < 4.78 is 11.3. The van der Waals surface area contributed by atoms with Crippen LogP contribution in [0.25, 0.3) is 0 Å². The van der Waals surface area contributed by atoms with Crippen molar-refractivity contribution in [2.24, 2.45) is 0 Å². The van der Waals surface area contributed by atoms with E-state index < -0.39 is 0 Å². The van der Waals surface area contributed by atoms with Gasteiger partial charge in [0.25, 0.3) is 0 Å². The van der Waals surface area contributed by atoms with Crippen molar-refractivity contribution < 1.29 is 14.3 Å². The van der Waals surface area contributed by atoms with Crippen molar-refractivity contribution in [3.63, 3.8) is 0 Å². The fraction of sp³-hybridized carbons (Fsp3) is 0.786. The lowest BCUT2D eigenvalue weighted by atomic mass is 9.84. The number of likely N-dealkylation sites (tertiary alicyclic amines) is 1. The highest BCUT2D eigenvalue weighted by molar-refractivity contribution is 5.94. The molecule has 0 unspecified atom stereocenters. The molecule has 1 spiro atoms. The Labute approximate surface area is 108 Å². The first-order valence-electron chi connectivity index (χ1n) is 6.87. The van der Waals surface area contributed by atoms with Gasteiger partial charge in [0.2, 0.25) is 5.91 Å². The molecular formula is C14H21NO3. The van der Waals surface area contributed by atoms with Gasteiger partial charge in [0.15, 0.2) is 0 Å². The molecule has 0 radical (unpaired) electrons. The monoisotopic (exact) mass is 251 g/mol. The number of carbonyl (C=O) groups is 1. The number of hydrogen-bond acceptors (Lipinski definition) is 3. The van der Waals surface area contributed by atoms with Crippen molar-refractivity contribution in [2.45, 2.75) is 43.8 Å². The lowest BCUT2D eigenvalue weighted by molar-refractivity contribution is -0.196. The van der Waals surface area contributed by atoms with E-state index in [1.807, 2.05) is 4.90 Å². The van der Waals surface area contributed by atoms with Crippen molar-refractivity contribution in [1.29, 1.82) is 0 Å². The number of carbonyl (C=O) groups excluding carboxylic acids is 1. The number of ether oxygens (including phenoxy) is 2. The number of methoxy groups -OCH3 is 1. The molecule has 3 rings (SSSR count). The van der Waals surface area contributed by atoms with E-state index >= 15 is 0 Å². The molecule has 0 bridgehead atoms. The number of rotatable bonds is 2. The van der Waals surface area contributed by atoms with Gasteiger partial charge in [0, 0.05) is 25.7 Å². The average Bonchev–Trinajstić information content (AvgIpc) is 2.89. The van der Waals surface area contributed by atoms with Gasteiger partial charge in [-0.25, -0.2) is 0 Å². The van der Waals surface area contributed by atoms with Crippen LogP contribution in [0.5, 0.6) is 0 Å². The Morgan fingerprint density at radius 3 is 3.06 bits per heavy atom. The number of allylic oxidation sites excluding steroid dienone is 1. The van der Waals surface area contributed by atoms with E-state index in [1.54, 1.807) is 7.11 Å². The van der Waals surface area contributed by atoms with Gasteiger partial charge >= 0.3 is 0 Å². The van der Waals surface area contributed by atoms with E-state index in [-0.39, 0.29) is 11.5 Å². The first-order chi connectivity index (χ1) is 8.72. The minimum atomic E-state index is -0.117. The minimum absolute atomic E-state index is 0.117. The third-order valence-electron chi connectivity index (χ3n) is 4.34. The second-order valence-electron chi connectivity index (χ2n) is 5.66. The second kappa shape index (κ2) is 4.67. The van der Waals surface area contributed by atoms with Gasteiger partial charge < -0.3 is 14.4 Å². The Kier molecular flexibility index (Phi) is 3.16. The SMILES string of the molecule is CO[C@H]1CCOC2(C1)CN(C(=O)C1=CCCC1)C2. The molecule has 2 heterocycles. The maximum Gasteiger partial charge on any atom is 0.249 e. The molecule has 1 aliphatic carbocycles. The van der Waals surface area contributed by atoms with Gasteiger partial charge in [-0.2, -0.15) is 0 Å². The zero-order valence-electron chi connectivity index (χ0n) is 11.0. The third kappa shape index (κ3) is 2.08. The van der Waals surface area contributed by atoms with Gasteiger partial charge in [0.1, 0.15) is 5.60 Å². The summed E-state index contributed by atoms with van der Waals surface area (Å²) in [5.41, 5.74) is 0.886. The van der Waals surface area contributed by atoms with Crippen LogP contribution >= 0.6 is 0 Å². The van der Waals surface area contributed by atoms with Crippen LogP contribution in [0.1, 0.15) is 32.1 Å². The maximum absolute atomic E-state index is 12.2. The van der Waals surface area contributed by atoms with Crippen molar-refractivity contribution in [2.75, 3.05) is 26.8 Å². The lowest BCUT2D eigenvalue weighted by Gasteiger charge is -2.53. The predicted molar refractivity (Wildman–Crippen MR) is 67.2 cm³/mol. The average molecular weight is 251 g/mol. The molecule has 2 fully saturated rings. The van der Waals surface area contributed by atoms with Crippen LogP contribution in [0.15, 0.2) is 11.6 Å². The summed E-state index contributed by atoms with van der Waals surface area (Å²) in [6.45, 7) is 2.23. The maximum atomic E-state index is 12.2. The Bertz CT molecular complexity index is 371. The molecule has 100 valence electrons. The molecular weight excluding hydrogens is 230 g/mol. The van der Waals surface area contributed by atoms with Gasteiger partial charge in [-0.3, -0.25) is 4.79 Å². The topological polar surface area (TPSA) is 38.8 Å². The summed E-state index contributed by atoms with van der Waals surface area (Å²) >= 11 is 0. The van der Waals surface area contributed by atoms with Gasteiger partial charge in [0.05, 0.1) is 19.2 Å². The molecule has 18 heavy (non-hydrogen) atoms. The first kappa shape index (κ1) is 12.2. The van der Waals surface area contributed by atoms with Crippen LogP contribution in [0, 0.1) is 0 Å². The predicted octanol–water partition coefficient (Wildman–Crippen LogP) is 1.50. The highest BCUT2D eigenvalue weighted by Crippen LogP contribution is 2.36. The molecule has 4 heteroatoms. The van der Waals surface area contributed by atoms with E-state index in [4.69, 9.17) is 9.47 Å². The van der Waals surface area contributed by atoms with Crippen LogP contribution in [-0.2, 0) is 14.3 Å². The van der Waals surface area contributed by atoms with Crippen LogP contribution in [-0.4, -0.2) is 49.3 Å². The zero-order valence-corrected chi connectivity index (χ0v) is 11.0. The second-order valence-corrected chi connectivity index (χ2v) is 5.66. The van der Waals surface area contributed by atoms with Gasteiger partial charge in [-0.1, -0.05) is 6.08 Å². The third-order valence-corrected chi connectivity index (χ3v) is 4.34. The minimum Gasteiger partial charge on any atom is -0.381 e. The highest BCUT2D eigenvalue weighted by Gasteiger charge is 2.49. The highest BCUT2D eigenvalue weighted by atomic mass is 16.5. The summed E-state index contributed by atoms with van der Waals surface area (Å²) in [6.07, 6.45) is 7.41. The normalized spacial score (nSPS) is 30.2. The lowest BCUT2D eigenvalue weighted by Crippen LogP contribution is -2.67. The first-order valence-corrected chi connectivity index (χ1v) is 6.87. The van der Waals surface area contributed by atoms with Crippen LogP contribution in [0.2, 0.25) is 0 Å². The number of nitrogens with zero attached hydrogens (tertiary/aromatic N) is 1. The molecule has 1 atom stereocenters. The summed E-state index contributed by atoms with van der Waals surface area (Å²) in [5, 5.41) is 0. The van der Waals surface area contributed by atoms with E-state index in [0.717, 1.165) is 57.4 Å². The summed E-state index contributed by atoms with van der Waals surface area (Å²) in [7, 11) is 1.76. The van der Waals surface area contributed by atoms with Gasteiger partial charge in [-0.05, 0) is 25.7 Å². The molecule has 1 amide bonds. The largest absolute Gasteiger partial charge is 0.381 e. The van der Waals surface area contributed by atoms with Crippen LogP contribution < -0.4 is 0 Å². The zero-order chi connectivity index (χ0) is 12.6. The molecule has 2 saturated heterocycles. The van der Waals surface area contributed by atoms with Crippen molar-refractivity contribution in [1.82, 2.24) is 4.90 Å². The van der Waals surface area contributed by atoms with Gasteiger partial charge in [-0.15, -0.1) is 0 Å². The van der Waals surface area contributed by atoms with Crippen LogP contribution in [0.3, 0.4) is 0 Å². The summed E-state index contributed by atoms with van der Waals surface area (Å²) in [4.78, 5) is 14.1. The van der Waals surface area contributed by atoms with Crippen molar-refractivity contribution in [3.05, 3.63) is 11.6 Å². The van der Waals surface area contributed by atoms with Crippen molar-refractivity contribution in [3.8, 4) is 0 Å². The molecule has 0 aromatic carbocycles. The molecule has 0 N–H and O–H groups in total. The smallest absolute Gasteiger partial charge is 0.249 e. The number of amides is 1. The Morgan fingerprint density at radius 2 is 2.39 bits per heavy atom. The fourth-order valence-electron chi connectivity index (χ4n) is 3.27. The molecule has 0 saturated carbocycles. The fourth-order valence-corrected chi connectivity index (χ4v) is 3.27. The molecule has 0 aromatic rings. The Balaban J connectivity index is 1.57. The Morgan fingerprint density at radius 1 is 1.56 bits per heavy atom. The number of hydrogen-bond donors (Lipinski definition) is 0. The summed E-state index contributed by atoms with van der Waals surface area (Å²) in [5.74, 6) is 0.223. The van der Waals surface area contributed by atoms with E-state index in [1.165, 1.54) is 0 Å². The molecule has 3 aliphatic rings. The molecule has 2 aliphatic heterocycles. The summed E-state index contributed by atoms with van der Waals surface area (Å²) in [6, 6.07) is 0. The van der Waals surface area contributed by atoms with Crippen LogP contribution in [0.4, 0.5) is 0 Å². The van der Waals surface area contributed by atoms with E-state index in [0.29, 0.717) is 6.10 Å². The van der Waals surface area contributed by atoms with Crippen molar-refractivity contribution >= 4 is 5.91 Å². The quantitative estimate of drug-likeness (QED) is 0.746.